The van der Waals surface area contributed by atoms with Gasteiger partial charge < -0.3 is 0 Å². The lowest BCUT2D eigenvalue weighted by Gasteiger charge is -2.06. The minimum Gasteiger partial charge on any atom is -0.211 e. The summed E-state index contributed by atoms with van der Waals surface area (Å²) in [5.41, 5.74) is 0. The molecule has 1 aromatic rings. The maximum Gasteiger partial charge on any atom is 0.408 e. The summed E-state index contributed by atoms with van der Waals surface area (Å²) < 4.78 is 36.8. The summed E-state index contributed by atoms with van der Waals surface area (Å²) in [6, 6.07) is 0. The molecule has 0 amide bonds. The van der Waals surface area contributed by atoms with Crippen LogP contribution in [0, 0.1) is 0 Å². The van der Waals surface area contributed by atoms with Crippen molar-refractivity contribution >= 4 is 23.4 Å². The number of rotatable bonds is 4. The molecule has 0 N–H and O–H groups in total. The Labute approximate surface area is 92.5 Å². The number of aromatic nitrogens is 4. The van der Waals surface area contributed by atoms with Gasteiger partial charge in [0.1, 0.15) is 6.54 Å². The van der Waals surface area contributed by atoms with Crippen molar-refractivity contribution in [3.8, 4) is 0 Å². The maximum atomic E-state index is 12.0. The molecule has 0 aromatic carbocycles. The van der Waals surface area contributed by atoms with Gasteiger partial charge in [-0.1, -0.05) is 29.9 Å². The predicted octanol–water partition coefficient (Wildman–Crippen LogP) is 2.08. The molecular formula is C6H6ClF3N4S. The van der Waals surface area contributed by atoms with Crippen LogP contribution in [0.2, 0.25) is 0 Å². The lowest BCUT2D eigenvalue weighted by molar-refractivity contribution is -0.144. The highest BCUT2D eigenvalue weighted by molar-refractivity contribution is 7.99. The van der Waals surface area contributed by atoms with E-state index in [9.17, 15) is 13.2 Å². The lowest BCUT2D eigenvalue weighted by atomic mass is 10.6. The van der Waals surface area contributed by atoms with Crippen molar-refractivity contribution in [2.75, 3.05) is 5.75 Å². The second kappa shape index (κ2) is 4.84. The van der Waals surface area contributed by atoms with E-state index in [0.717, 1.165) is 11.8 Å². The van der Waals surface area contributed by atoms with Crippen molar-refractivity contribution < 1.29 is 13.2 Å². The number of hydrogen-bond acceptors (Lipinski definition) is 4. The van der Waals surface area contributed by atoms with Crippen molar-refractivity contribution in [3.63, 3.8) is 0 Å². The number of hydrogen-bond donors (Lipinski definition) is 0. The number of nitrogens with zero attached hydrogens (tertiary/aromatic N) is 4. The van der Waals surface area contributed by atoms with E-state index in [-0.39, 0.29) is 10.9 Å². The van der Waals surface area contributed by atoms with Gasteiger partial charge in [-0.05, 0) is 10.4 Å². The highest BCUT2D eigenvalue weighted by Crippen LogP contribution is 2.22. The third-order valence-corrected chi connectivity index (χ3v) is 2.52. The molecule has 0 spiro atoms. The first-order valence-electron chi connectivity index (χ1n) is 3.67. The van der Waals surface area contributed by atoms with E-state index in [1.54, 1.807) is 0 Å². The Bertz CT molecular complexity index is 350. The first-order valence-corrected chi connectivity index (χ1v) is 5.04. The van der Waals surface area contributed by atoms with Crippen molar-refractivity contribution in [3.05, 3.63) is 11.6 Å². The Morgan fingerprint density at radius 1 is 1.53 bits per heavy atom. The fraction of sp³-hybridized carbons (Fsp3) is 0.500. The van der Waals surface area contributed by atoms with Gasteiger partial charge in [0.05, 0.1) is 0 Å². The molecule has 0 aliphatic heterocycles. The van der Waals surface area contributed by atoms with Crippen LogP contribution in [0.5, 0.6) is 0 Å². The summed E-state index contributed by atoms with van der Waals surface area (Å²) in [7, 11) is 0. The lowest BCUT2D eigenvalue weighted by Crippen LogP contribution is -2.19. The van der Waals surface area contributed by atoms with Crippen LogP contribution in [0.15, 0.2) is 16.8 Å². The highest BCUT2D eigenvalue weighted by atomic mass is 35.5. The molecule has 0 saturated carbocycles. The van der Waals surface area contributed by atoms with Gasteiger partial charge in [0.2, 0.25) is 5.16 Å². The van der Waals surface area contributed by atoms with E-state index in [0.29, 0.717) is 9.71 Å². The summed E-state index contributed by atoms with van der Waals surface area (Å²) in [6.07, 6.45) is -4.34. The summed E-state index contributed by atoms with van der Waals surface area (Å²) in [6.45, 7) is 2.19. The van der Waals surface area contributed by atoms with Crippen LogP contribution in [0.25, 0.3) is 0 Å². The third kappa shape index (κ3) is 4.52. The molecule has 84 valence electrons. The molecule has 1 rings (SSSR count). The van der Waals surface area contributed by atoms with Gasteiger partial charge in [-0.15, -0.1) is 5.10 Å². The second-order valence-corrected chi connectivity index (χ2v) is 4.02. The second-order valence-electron chi connectivity index (χ2n) is 2.54. The van der Waals surface area contributed by atoms with Crippen LogP contribution in [0.1, 0.15) is 0 Å². The average molecular weight is 259 g/mol. The summed E-state index contributed by atoms with van der Waals surface area (Å²) in [4.78, 5) is 0. The van der Waals surface area contributed by atoms with Crippen LogP contribution < -0.4 is 0 Å². The van der Waals surface area contributed by atoms with Crippen molar-refractivity contribution in [2.45, 2.75) is 17.9 Å². The molecule has 0 unspecified atom stereocenters. The van der Waals surface area contributed by atoms with Gasteiger partial charge >= 0.3 is 6.18 Å². The molecular weight excluding hydrogens is 253 g/mol. The Morgan fingerprint density at radius 2 is 2.20 bits per heavy atom. The molecule has 1 aromatic heterocycles. The van der Waals surface area contributed by atoms with Crippen molar-refractivity contribution in [1.82, 2.24) is 20.2 Å². The van der Waals surface area contributed by atoms with Crippen molar-refractivity contribution in [1.29, 1.82) is 0 Å². The minimum absolute atomic E-state index is 0.0640. The molecule has 0 aliphatic rings. The van der Waals surface area contributed by atoms with Crippen molar-refractivity contribution in [2.24, 2.45) is 0 Å². The summed E-state index contributed by atoms with van der Waals surface area (Å²) in [5.74, 6) is 0.264. The van der Waals surface area contributed by atoms with Gasteiger partial charge in [-0.25, -0.2) is 4.68 Å². The van der Waals surface area contributed by atoms with Crippen LogP contribution in [0.3, 0.4) is 0 Å². The van der Waals surface area contributed by atoms with Gasteiger partial charge in [0.15, 0.2) is 0 Å². The van der Waals surface area contributed by atoms with Crippen LogP contribution in [-0.4, -0.2) is 32.1 Å². The van der Waals surface area contributed by atoms with E-state index in [4.69, 9.17) is 11.6 Å². The molecule has 0 radical (unpaired) electrons. The maximum absolute atomic E-state index is 12.0. The Hall–Kier alpha value is -0.760. The van der Waals surface area contributed by atoms with Crippen LogP contribution in [0.4, 0.5) is 13.2 Å². The SMILES string of the molecule is C=C(Cl)CSc1nnnn1CC(F)(F)F. The molecule has 0 aliphatic carbocycles. The molecule has 0 atom stereocenters. The van der Waals surface area contributed by atoms with Gasteiger partial charge in [0.25, 0.3) is 0 Å². The first kappa shape index (κ1) is 12.3. The Kier molecular flexibility index (Phi) is 3.97. The van der Waals surface area contributed by atoms with Crippen LogP contribution in [-0.2, 0) is 6.54 Å². The number of halogens is 4. The van der Waals surface area contributed by atoms with Crippen LogP contribution >= 0.6 is 23.4 Å². The minimum atomic E-state index is -4.34. The van der Waals surface area contributed by atoms with Gasteiger partial charge in [-0.3, -0.25) is 0 Å². The molecule has 0 bridgehead atoms. The zero-order valence-corrected chi connectivity index (χ0v) is 8.90. The Balaban J connectivity index is 2.65. The van der Waals surface area contributed by atoms with E-state index in [1.165, 1.54) is 0 Å². The average Bonchev–Trinajstić information content (AvgIpc) is 2.45. The largest absolute Gasteiger partial charge is 0.408 e. The monoisotopic (exact) mass is 258 g/mol. The van der Waals surface area contributed by atoms with Gasteiger partial charge in [-0.2, -0.15) is 13.2 Å². The third-order valence-electron chi connectivity index (χ3n) is 1.19. The van der Waals surface area contributed by atoms with E-state index in [2.05, 4.69) is 22.1 Å². The predicted molar refractivity (Wildman–Crippen MR) is 49.6 cm³/mol. The molecule has 0 fully saturated rings. The van der Waals surface area contributed by atoms with E-state index in [1.807, 2.05) is 0 Å². The smallest absolute Gasteiger partial charge is 0.211 e. The molecule has 4 nitrogen and oxygen atoms in total. The zero-order valence-electron chi connectivity index (χ0n) is 7.33. The molecule has 9 heteroatoms. The fourth-order valence-electron chi connectivity index (χ4n) is 0.712. The zero-order chi connectivity index (χ0) is 11.5. The number of thioether (sulfide) groups is 1. The van der Waals surface area contributed by atoms with Gasteiger partial charge in [0, 0.05) is 10.8 Å². The van der Waals surface area contributed by atoms with E-state index < -0.39 is 12.7 Å². The summed E-state index contributed by atoms with van der Waals surface area (Å²) in [5, 5.41) is 10.2. The molecule has 0 saturated heterocycles. The highest BCUT2D eigenvalue weighted by Gasteiger charge is 2.30. The molecule has 1 heterocycles. The number of alkyl halides is 3. The Morgan fingerprint density at radius 3 is 2.73 bits per heavy atom. The molecule has 15 heavy (non-hydrogen) atoms. The first-order chi connectivity index (χ1) is 6.88. The standard InChI is InChI=1S/C6H6ClF3N4S/c1-4(7)2-15-5-11-12-13-14(5)3-6(8,9)10/h1-3H2. The number of tetrazole rings is 1. The quantitative estimate of drug-likeness (QED) is 0.776. The topological polar surface area (TPSA) is 43.6 Å². The normalized spacial score (nSPS) is 11.7. The van der Waals surface area contributed by atoms with E-state index >= 15 is 0 Å². The summed E-state index contributed by atoms with van der Waals surface area (Å²) >= 11 is 6.46. The fourth-order valence-corrected chi connectivity index (χ4v) is 1.51.